The lowest BCUT2D eigenvalue weighted by molar-refractivity contribution is 0.600. The summed E-state index contributed by atoms with van der Waals surface area (Å²) in [6.45, 7) is 3.73. The monoisotopic (exact) mass is 365 g/mol. The zero-order valence-corrected chi connectivity index (χ0v) is 13.8. The second-order valence-electron chi connectivity index (χ2n) is 4.51. The maximum Gasteiger partial charge on any atom is 0.264 e. The smallest absolute Gasteiger partial charge is 0.264 e. The minimum atomic E-state index is -3.88. The van der Waals surface area contributed by atoms with E-state index < -0.39 is 10.0 Å². The summed E-state index contributed by atoms with van der Waals surface area (Å²) in [5, 5.41) is 8.98. The van der Waals surface area contributed by atoms with Gasteiger partial charge in [-0.3, -0.25) is 4.72 Å². The number of aromatic nitrogens is 1. The van der Waals surface area contributed by atoms with Gasteiger partial charge in [0.15, 0.2) is 5.69 Å². The second kappa shape index (κ2) is 5.84. The number of nitrogens with zero attached hydrogens (tertiary/aromatic N) is 2. The first kappa shape index (κ1) is 15.5. The highest BCUT2D eigenvalue weighted by atomic mass is 79.9. The van der Waals surface area contributed by atoms with Gasteiger partial charge in [-0.05, 0) is 59.1 Å². The number of hydrogen-bond donors (Lipinski definition) is 1. The number of sulfonamides is 1. The molecule has 0 fully saturated rings. The lowest BCUT2D eigenvalue weighted by Gasteiger charge is -2.13. The molecule has 2 aromatic rings. The summed E-state index contributed by atoms with van der Waals surface area (Å²) in [4.78, 5) is 3.63. The number of rotatable bonds is 3. The maximum absolute atomic E-state index is 12.4. The molecule has 1 aromatic heterocycles. The molecule has 0 spiro atoms. The van der Waals surface area contributed by atoms with Crippen molar-refractivity contribution in [2.75, 3.05) is 4.72 Å². The van der Waals surface area contributed by atoms with Gasteiger partial charge in [0.2, 0.25) is 0 Å². The molecule has 1 aromatic carbocycles. The summed E-state index contributed by atoms with van der Waals surface area (Å²) in [7, 11) is -3.88. The third-order valence-electron chi connectivity index (χ3n) is 2.83. The van der Waals surface area contributed by atoms with Crippen LogP contribution in [0.2, 0.25) is 0 Å². The van der Waals surface area contributed by atoms with Crippen LogP contribution in [0.1, 0.15) is 16.8 Å². The summed E-state index contributed by atoms with van der Waals surface area (Å²) in [6, 6.07) is 8.31. The molecule has 0 bridgehead atoms. The highest BCUT2D eigenvalue weighted by Crippen LogP contribution is 2.30. The fraction of sp³-hybridized carbons (Fsp3) is 0.143. The molecule has 0 aliphatic carbocycles. The van der Waals surface area contributed by atoms with Gasteiger partial charge in [0.05, 0.1) is 5.69 Å². The first-order valence-electron chi connectivity index (χ1n) is 6.00. The maximum atomic E-state index is 12.4. The van der Waals surface area contributed by atoms with Crippen LogP contribution in [0.15, 0.2) is 39.8 Å². The average molecular weight is 366 g/mol. The first-order valence-corrected chi connectivity index (χ1v) is 8.27. The fourth-order valence-corrected chi connectivity index (χ4v) is 4.09. The third kappa shape index (κ3) is 3.23. The molecule has 0 saturated heterocycles. The van der Waals surface area contributed by atoms with Gasteiger partial charge in [-0.15, -0.1) is 0 Å². The summed E-state index contributed by atoms with van der Waals surface area (Å²) < 4.78 is 28.0. The summed E-state index contributed by atoms with van der Waals surface area (Å²) in [6.07, 6.45) is 1.38. The van der Waals surface area contributed by atoms with Gasteiger partial charge < -0.3 is 0 Å². The summed E-state index contributed by atoms with van der Waals surface area (Å²) in [5.74, 6) is 0. The van der Waals surface area contributed by atoms with E-state index in [9.17, 15) is 8.42 Å². The van der Waals surface area contributed by atoms with Crippen LogP contribution in [0.25, 0.3) is 0 Å². The normalized spacial score (nSPS) is 11.0. The minimum Gasteiger partial charge on any atom is -0.278 e. The van der Waals surface area contributed by atoms with Crippen LogP contribution in [0.4, 0.5) is 5.69 Å². The number of nitriles is 1. The van der Waals surface area contributed by atoms with Crippen LogP contribution < -0.4 is 4.72 Å². The van der Waals surface area contributed by atoms with Crippen molar-refractivity contribution >= 4 is 31.6 Å². The molecule has 0 amide bonds. The molecule has 0 unspecified atom stereocenters. The Morgan fingerprint density at radius 3 is 2.67 bits per heavy atom. The Morgan fingerprint density at radius 1 is 1.33 bits per heavy atom. The van der Waals surface area contributed by atoms with E-state index in [1.54, 1.807) is 6.07 Å². The van der Waals surface area contributed by atoms with Crippen molar-refractivity contribution in [1.82, 2.24) is 4.98 Å². The van der Waals surface area contributed by atoms with Crippen molar-refractivity contribution in [3.63, 3.8) is 0 Å². The highest BCUT2D eigenvalue weighted by molar-refractivity contribution is 9.10. The van der Waals surface area contributed by atoms with Crippen LogP contribution in [0.3, 0.4) is 0 Å². The van der Waals surface area contributed by atoms with Gasteiger partial charge in [0.1, 0.15) is 11.0 Å². The van der Waals surface area contributed by atoms with E-state index in [4.69, 9.17) is 5.26 Å². The Morgan fingerprint density at radius 2 is 2.05 bits per heavy atom. The van der Waals surface area contributed by atoms with Gasteiger partial charge in [0, 0.05) is 10.7 Å². The van der Waals surface area contributed by atoms with E-state index in [0.717, 1.165) is 11.1 Å². The van der Waals surface area contributed by atoms with Crippen LogP contribution in [-0.2, 0) is 10.0 Å². The zero-order valence-electron chi connectivity index (χ0n) is 11.4. The number of pyridine rings is 1. The SMILES string of the molecule is Cc1cc(C)c(NS(=O)(=O)c2cccnc2C#N)c(Br)c1. The molecule has 0 aliphatic heterocycles. The predicted molar refractivity (Wildman–Crippen MR) is 83.4 cm³/mol. The number of halogens is 1. The van der Waals surface area contributed by atoms with E-state index in [1.165, 1.54) is 18.3 Å². The molecular weight excluding hydrogens is 354 g/mol. The molecule has 5 nitrogen and oxygen atoms in total. The molecular formula is C14H12BrN3O2S. The van der Waals surface area contributed by atoms with Crippen LogP contribution in [0.5, 0.6) is 0 Å². The van der Waals surface area contributed by atoms with Crippen molar-refractivity contribution < 1.29 is 8.42 Å². The van der Waals surface area contributed by atoms with Crippen molar-refractivity contribution in [2.24, 2.45) is 0 Å². The largest absolute Gasteiger partial charge is 0.278 e. The highest BCUT2D eigenvalue weighted by Gasteiger charge is 2.21. The van der Waals surface area contributed by atoms with Crippen molar-refractivity contribution in [3.05, 3.63) is 51.8 Å². The molecule has 0 aliphatic rings. The summed E-state index contributed by atoms with van der Waals surface area (Å²) in [5.41, 5.74) is 2.12. The molecule has 0 radical (unpaired) electrons. The van der Waals surface area contributed by atoms with E-state index >= 15 is 0 Å². The molecule has 0 saturated carbocycles. The van der Waals surface area contributed by atoms with Gasteiger partial charge in [-0.1, -0.05) is 6.07 Å². The number of nitrogens with one attached hydrogen (secondary N) is 1. The molecule has 21 heavy (non-hydrogen) atoms. The third-order valence-corrected chi connectivity index (χ3v) is 4.84. The fourth-order valence-electron chi connectivity index (χ4n) is 1.93. The van der Waals surface area contributed by atoms with E-state index in [0.29, 0.717) is 10.2 Å². The molecule has 1 heterocycles. The van der Waals surface area contributed by atoms with Crippen LogP contribution in [0, 0.1) is 25.2 Å². The zero-order chi connectivity index (χ0) is 15.6. The number of hydrogen-bond acceptors (Lipinski definition) is 4. The lowest BCUT2D eigenvalue weighted by Crippen LogP contribution is -2.16. The Hall–Kier alpha value is -1.91. The molecule has 7 heteroatoms. The Balaban J connectivity index is 2.51. The lowest BCUT2D eigenvalue weighted by atomic mass is 10.1. The molecule has 2 rings (SSSR count). The predicted octanol–water partition coefficient (Wildman–Crippen LogP) is 3.13. The van der Waals surface area contributed by atoms with Crippen molar-refractivity contribution in [3.8, 4) is 6.07 Å². The second-order valence-corrected chi connectivity index (χ2v) is 7.01. The topological polar surface area (TPSA) is 82.8 Å². The van der Waals surface area contributed by atoms with Gasteiger partial charge >= 0.3 is 0 Å². The summed E-state index contributed by atoms with van der Waals surface area (Å²) >= 11 is 3.35. The van der Waals surface area contributed by atoms with E-state index in [-0.39, 0.29) is 10.6 Å². The van der Waals surface area contributed by atoms with Gasteiger partial charge in [0.25, 0.3) is 10.0 Å². The quantitative estimate of drug-likeness (QED) is 0.905. The molecule has 0 atom stereocenters. The van der Waals surface area contributed by atoms with E-state index in [1.807, 2.05) is 26.0 Å². The molecule has 1 N–H and O–H groups in total. The van der Waals surface area contributed by atoms with Crippen LogP contribution >= 0.6 is 15.9 Å². The standard InChI is InChI=1S/C14H12BrN3O2S/c1-9-6-10(2)14(11(15)7-9)18-21(19,20)13-4-3-5-17-12(13)8-16/h3-7,18H,1-2H3. The Labute approximate surface area is 131 Å². The molecule has 108 valence electrons. The number of anilines is 1. The van der Waals surface area contributed by atoms with Crippen molar-refractivity contribution in [2.45, 2.75) is 18.7 Å². The first-order chi connectivity index (χ1) is 9.85. The van der Waals surface area contributed by atoms with E-state index in [2.05, 4.69) is 25.6 Å². The Bertz CT molecular complexity index is 819. The van der Waals surface area contributed by atoms with Crippen LogP contribution in [-0.4, -0.2) is 13.4 Å². The number of aryl methyl sites for hydroxylation is 2. The van der Waals surface area contributed by atoms with Gasteiger partial charge in [-0.2, -0.15) is 5.26 Å². The van der Waals surface area contributed by atoms with Gasteiger partial charge in [-0.25, -0.2) is 13.4 Å². The van der Waals surface area contributed by atoms with Crippen molar-refractivity contribution in [1.29, 1.82) is 5.26 Å². The average Bonchev–Trinajstić information content (AvgIpc) is 2.43. The number of benzene rings is 1. The minimum absolute atomic E-state index is 0.133. The Kier molecular flexibility index (Phi) is 4.30.